The molecule has 6 nitrogen and oxygen atoms in total. The van der Waals surface area contributed by atoms with E-state index in [4.69, 9.17) is 0 Å². The minimum absolute atomic E-state index is 0.641. The number of rotatable bonds is 9. The molecule has 3 rings (SSSR count). The van der Waals surface area contributed by atoms with Crippen LogP contribution in [-0.2, 0) is 6.42 Å². The van der Waals surface area contributed by atoms with Crippen LogP contribution in [-0.4, -0.2) is 58.1 Å². The van der Waals surface area contributed by atoms with Crippen LogP contribution in [0.2, 0.25) is 0 Å². The van der Waals surface area contributed by atoms with Crippen LogP contribution in [0.25, 0.3) is 11.5 Å². The fraction of sp³-hybridized carbons (Fsp3) is 0.619. The number of nitrogens with zero attached hydrogens (tertiary/aromatic N) is 3. The maximum Gasteiger partial charge on any atom is 0.156 e. The van der Waals surface area contributed by atoms with E-state index in [2.05, 4.69) is 51.3 Å². The molecular weight excluding hydrogens is 336 g/mol. The van der Waals surface area contributed by atoms with Gasteiger partial charge in [0, 0.05) is 37.1 Å². The molecule has 2 aromatic rings. The molecule has 0 saturated carbocycles. The molecule has 27 heavy (non-hydrogen) atoms. The Morgan fingerprint density at radius 2 is 2.04 bits per heavy atom. The van der Waals surface area contributed by atoms with Gasteiger partial charge in [-0.1, -0.05) is 19.9 Å². The van der Waals surface area contributed by atoms with Gasteiger partial charge in [-0.15, -0.1) is 0 Å². The molecular formula is C21H34N6. The summed E-state index contributed by atoms with van der Waals surface area (Å²) in [6.45, 7) is 11.0. The molecule has 0 bridgehead atoms. The lowest BCUT2D eigenvalue weighted by molar-refractivity contribution is 0.149. The zero-order valence-corrected chi connectivity index (χ0v) is 17.0. The molecule has 3 N–H and O–H groups in total. The molecule has 1 unspecified atom stereocenters. The Kier molecular flexibility index (Phi) is 7.24. The van der Waals surface area contributed by atoms with Gasteiger partial charge in [0.05, 0.1) is 0 Å². The molecule has 0 radical (unpaired) electrons. The number of piperidine rings is 1. The Balaban J connectivity index is 1.40. The van der Waals surface area contributed by atoms with E-state index in [9.17, 15) is 0 Å². The van der Waals surface area contributed by atoms with Gasteiger partial charge in [0.1, 0.15) is 11.5 Å². The number of aromatic amines is 1. The summed E-state index contributed by atoms with van der Waals surface area (Å²) in [4.78, 5) is 15.0. The van der Waals surface area contributed by atoms with E-state index >= 15 is 0 Å². The minimum Gasteiger partial charge on any atom is -0.369 e. The molecule has 1 aliphatic rings. The summed E-state index contributed by atoms with van der Waals surface area (Å²) in [5.41, 5.74) is 2.01. The monoisotopic (exact) mass is 370 g/mol. The van der Waals surface area contributed by atoms with Crippen molar-refractivity contribution in [3.05, 3.63) is 30.1 Å². The molecule has 148 valence electrons. The first-order chi connectivity index (χ1) is 13.2. The van der Waals surface area contributed by atoms with E-state index in [0.29, 0.717) is 12.1 Å². The average Bonchev–Trinajstić information content (AvgIpc) is 3.21. The Morgan fingerprint density at radius 3 is 2.74 bits per heavy atom. The van der Waals surface area contributed by atoms with Crippen LogP contribution < -0.4 is 10.6 Å². The highest BCUT2D eigenvalue weighted by molar-refractivity contribution is 5.53. The Bertz CT molecular complexity index is 689. The predicted molar refractivity (Wildman–Crippen MR) is 112 cm³/mol. The highest BCUT2D eigenvalue weighted by atomic mass is 15.2. The number of aromatic nitrogens is 3. The Labute approximate surface area is 163 Å². The van der Waals surface area contributed by atoms with Crippen LogP contribution in [0.4, 0.5) is 5.82 Å². The zero-order valence-electron chi connectivity index (χ0n) is 17.0. The van der Waals surface area contributed by atoms with Crippen molar-refractivity contribution in [3.8, 4) is 11.5 Å². The highest BCUT2D eigenvalue weighted by Gasteiger charge is 2.21. The third-order valence-electron chi connectivity index (χ3n) is 5.61. The second kappa shape index (κ2) is 9.85. The van der Waals surface area contributed by atoms with Crippen molar-refractivity contribution in [2.45, 2.75) is 58.5 Å². The van der Waals surface area contributed by atoms with E-state index in [1.165, 1.54) is 32.4 Å². The van der Waals surface area contributed by atoms with Crippen molar-refractivity contribution in [3.63, 3.8) is 0 Å². The van der Waals surface area contributed by atoms with Gasteiger partial charge < -0.3 is 20.5 Å². The number of likely N-dealkylation sites (tertiary alicyclic amines) is 1. The number of anilines is 1. The topological polar surface area (TPSA) is 68.9 Å². The van der Waals surface area contributed by atoms with Crippen molar-refractivity contribution in [2.75, 3.05) is 31.5 Å². The number of H-pyrrole nitrogens is 1. The molecule has 2 aromatic heterocycles. The van der Waals surface area contributed by atoms with Crippen molar-refractivity contribution in [2.24, 2.45) is 0 Å². The minimum atomic E-state index is 0.641. The lowest BCUT2D eigenvalue weighted by Gasteiger charge is -2.36. The molecule has 3 heterocycles. The molecule has 6 heteroatoms. The fourth-order valence-electron chi connectivity index (χ4n) is 3.60. The van der Waals surface area contributed by atoms with Gasteiger partial charge in [0.15, 0.2) is 5.82 Å². The first kappa shape index (κ1) is 19.8. The normalized spacial score (nSPS) is 17.1. The molecule has 0 amide bonds. The summed E-state index contributed by atoms with van der Waals surface area (Å²) in [7, 11) is 0. The summed E-state index contributed by atoms with van der Waals surface area (Å²) < 4.78 is 0. The van der Waals surface area contributed by atoms with Gasteiger partial charge in [-0.3, -0.25) is 0 Å². The van der Waals surface area contributed by atoms with Gasteiger partial charge in [0.25, 0.3) is 0 Å². The fourth-order valence-corrected chi connectivity index (χ4v) is 3.60. The number of hydrogen-bond donors (Lipinski definition) is 3. The predicted octanol–water partition coefficient (Wildman–Crippen LogP) is 3.30. The van der Waals surface area contributed by atoms with Crippen molar-refractivity contribution in [1.82, 2.24) is 25.2 Å². The van der Waals surface area contributed by atoms with Gasteiger partial charge in [-0.25, -0.2) is 9.97 Å². The van der Waals surface area contributed by atoms with Crippen LogP contribution in [0.1, 0.15) is 45.7 Å². The van der Waals surface area contributed by atoms with E-state index in [-0.39, 0.29) is 0 Å². The molecule has 0 aliphatic carbocycles. The molecule has 0 aromatic carbocycles. The van der Waals surface area contributed by atoms with Gasteiger partial charge in [-0.05, 0) is 57.8 Å². The standard InChI is InChI=1S/C21H34N6/c1-4-16(3)27-13-9-18(10-14-27)22-11-12-23-20-8-6-7-19(26-20)21-24-15-17(5-2)25-21/h6-8,15-16,18,22H,4-5,9-14H2,1-3H3,(H,23,26)(H,24,25). The SMILES string of the molecule is CCc1cnc(-c2cccc(NCCNC3CCN(C(C)CC)CC3)n2)[nH]1. The zero-order chi connectivity index (χ0) is 19.1. The van der Waals surface area contributed by atoms with Crippen molar-refractivity contribution < 1.29 is 0 Å². The van der Waals surface area contributed by atoms with E-state index < -0.39 is 0 Å². The summed E-state index contributed by atoms with van der Waals surface area (Å²) in [5.74, 6) is 1.73. The smallest absolute Gasteiger partial charge is 0.156 e. The molecule has 1 aliphatic heterocycles. The lowest BCUT2D eigenvalue weighted by atomic mass is 10.0. The summed E-state index contributed by atoms with van der Waals surface area (Å²) >= 11 is 0. The van der Waals surface area contributed by atoms with Gasteiger partial charge in [0.2, 0.25) is 0 Å². The number of hydrogen-bond acceptors (Lipinski definition) is 5. The molecule has 0 spiro atoms. The first-order valence-corrected chi connectivity index (χ1v) is 10.4. The van der Waals surface area contributed by atoms with E-state index in [1.54, 1.807) is 0 Å². The summed E-state index contributed by atoms with van der Waals surface area (Å²) in [6, 6.07) is 7.39. The quantitative estimate of drug-likeness (QED) is 0.591. The van der Waals surface area contributed by atoms with Crippen LogP contribution in [0, 0.1) is 0 Å². The number of imidazole rings is 1. The number of nitrogens with one attached hydrogen (secondary N) is 3. The maximum absolute atomic E-state index is 4.67. The molecule has 1 saturated heterocycles. The number of pyridine rings is 1. The van der Waals surface area contributed by atoms with Crippen LogP contribution in [0.3, 0.4) is 0 Å². The van der Waals surface area contributed by atoms with E-state index in [0.717, 1.165) is 42.5 Å². The average molecular weight is 371 g/mol. The Hall–Kier alpha value is -1.92. The van der Waals surface area contributed by atoms with Crippen LogP contribution >= 0.6 is 0 Å². The second-order valence-corrected chi connectivity index (χ2v) is 7.47. The summed E-state index contributed by atoms with van der Waals surface area (Å²) in [6.07, 6.45) is 6.57. The molecule has 1 atom stereocenters. The van der Waals surface area contributed by atoms with Crippen molar-refractivity contribution >= 4 is 5.82 Å². The van der Waals surface area contributed by atoms with Crippen molar-refractivity contribution in [1.29, 1.82) is 0 Å². The molecule has 1 fully saturated rings. The van der Waals surface area contributed by atoms with Crippen LogP contribution in [0.15, 0.2) is 24.4 Å². The largest absolute Gasteiger partial charge is 0.369 e. The summed E-state index contributed by atoms with van der Waals surface area (Å²) in [5, 5.41) is 7.12. The van der Waals surface area contributed by atoms with Gasteiger partial charge in [-0.2, -0.15) is 0 Å². The van der Waals surface area contributed by atoms with Gasteiger partial charge >= 0.3 is 0 Å². The highest BCUT2D eigenvalue weighted by Crippen LogP contribution is 2.16. The Morgan fingerprint density at radius 1 is 1.22 bits per heavy atom. The second-order valence-electron chi connectivity index (χ2n) is 7.47. The maximum atomic E-state index is 4.67. The third kappa shape index (κ3) is 5.53. The van der Waals surface area contributed by atoms with E-state index in [1.807, 2.05) is 24.4 Å². The lowest BCUT2D eigenvalue weighted by Crippen LogP contribution is -2.46. The third-order valence-corrected chi connectivity index (χ3v) is 5.61. The van der Waals surface area contributed by atoms with Crippen LogP contribution in [0.5, 0.6) is 0 Å². The first-order valence-electron chi connectivity index (χ1n) is 10.4. The number of aryl methyl sites for hydroxylation is 1.